The molecule has 1 aliphatic heterocycles. The Labute approximate surface area is 164 Å². The van der Waals surface area contributed by atoms with Gasteiger partial charge >= 0.3 is 0 Å². The second kappa shape index (κ2) is 7.55. The fourth-order valence-corrected chi connectivity index (χ4v) is 3.33. The smallest absolute Gasteiger partial charge is 0.290 e. The first-order chi connectivity index (χ1) is 14.1. The summed E-state index contributed by atoms with van der Waals surface area (Å²) < 4.78 is 0. The number of aromatic amines is 1. The van der Waals surface area contributed by atoms with Gasteiger partial charge in [0.05, 0.1) is 16.6 Å². The molecule has 146 valence electrons. The summed E-state index contributed by atoms with van der Waals surface area (Å²) in [5.41, 5.74) is 4.98. The Morgan fingerprint density at radius 3 is 2.38 bits per heavy atom. The van der Waals surface area contributed by atoms with E-state index in [1.807, 2.05) is 0 Å². The Morgan fingerprint density at radius 1 is 0.931 bits per heavy atom. The lowest BCUT2D eigenvalue weighted by atomic mass is 10.1. The standard InChI is InChI=1S/C20H17N5O4/c26-16-10-5-11-25(16)15-9-4-3-8-14(15)19(28)23-24-20(29)17-12-6-1-2-7-13(12)18(27)22-21-17/h1-4,6-9H,5,10-11H2,(H,22,27)(H,23,28)(H,24,29). The summed E-state index contributed by atoms with van der Waals surface area (Å²) in [6.07, 6.45) is 1.17. The van der Waals surface area contributed by atoms with E-state index in [-0.39, 0.29) is 17.2 Å². The minimum absolute atomic E-state index is 0.0245. The van der Waals surface area contributed by atoms with Crippen molar-refractivity contribution in [2.24, 2.45) is 0 Å². The van der Waals surface area contributed by atoms with E-state index < -0.39 is 17.4 Å². The van der Waals surface area contributed by atoms with Gasteiger partial charge < -0.3 is 4.90 Å². The summed E-state index contributed by atoms with van der Waals surface area (Å²) in [5.74, 6) is -1.29. The Kier molecular flexibility index (Phi) is 4.78. The zero-order valence-corrected chi connectivity index (χ0v) is 15.3. The lowest BCUT2D eigenvalue weighted by Gasteiger charge is -2.19. The maximum Gasteiger partial charge on any atom is 0.290 e. The average molecular weight is 391 g/mol. The molecule has 0 atom stereocenters. The molecule has 3 N–H and O–H groups in total. The SMILES string of the molecule is O=C(NNC(=O)c1n[nH]c(=O)c2ccccc12)c1ccccc1N1CCCC1=O. The molecule has 9 nitrogen and oxygen atoms in total. The van der Waals surface area contributed by atoms with E-state index in [2.05, 4.69) is 21.0 Å². The van der Waals surface area contributed by atoms with Gasteiger partial charge in [-0.2, -0.15) is 5.10 Å². The molecule has 0 unspecified atom stereocenters. The number of amides is 3. The third-order valence-corrected chi connectivity index (χ3v) is 4.71. The number of fused-ring (bicyclic) bond motifs is 1. The van der Waals surface area contributed by atoms with Crippen molar-refractivity contribution in [2.75, 3.05) is 11.4 Å². The number of rotatable bonds is 3. The predicted octanol–water partition coefficient (Wildman–Crippen LogP) is 1.12. The van der Waals surface area contributed by atoms with Crippen LogP contribution in [-0.2, 0) is 4.79 Å². The van der Waals surface area contributed by atoms with Crippen molar-refractivity contribution in [1.29, 1.82) is 0 Å². The van der Waals surface area contributed by atoms with Gasteiger partial charge in [0, 0.05) is 18.4 Å². The van der Waals surface area contributed by atoms with Crippen molar-refractivity contribution >= 4 is 34.2 Å². The average Bonchev–Trinajstić information content (AvgIpc) is 3.18. The van der Waals surface area contributed by atoms with Gasteiger partial charge in [0.15, 0.2) is 5.69 Å². The van der Waals surface area contributed by atoms with Gasteiger partial charge in [-0.3, -0.25) is 30.0 Å². The van der Waals surface area contributed by atoms with Gasteiger partial charge in [0.1, 0.15) is 0 Å². The van der Waals surface area contributed by atoms with Crippen LogP contribution in [-0.4, -0.2) is 34.5 Å². The summed E-state index contributed by atoms with van der Waals surface area (Å²) in [7, 11) is 0. The van der Waals surface area contributed by atoms with Crippen molar-refractivity contribution < 1.29 is 14.4 Å². The Bertz CT molecular complexity index is 1190. The van der Waals surface area contributed by atoms with Crippen LogP contribution in [0.25, 0.3) is 10.8 Å². The molecule has 1 saturated heterocycles. The Balaban J connectivity index is 1.54. The number of hydrazine groups is 1. The van der Waals surface area contributed by atoms with E-state index in [9.17, 15) is 19.2 Å². The number of hydrogen-bond donors (Lipinski definition) is 3. The van der Waals surface area contributed by atoms with Crippen LogP contribution in [0.5, 0.6) is 0 Å². The Hall–Kier alpha value is -4.01. The number of carbonyl (C=O) groups is 3. The first-order valence-electron chi connectivity index (χ1n) is 9.04. The predicted molar refractivity (Wildman–Crippen MR) is 105 cm³/mol. The number of benzene rings is 2. The maximum absolute atomic E-state index is 12.6. The molecular formula is C20H17N5O4. The third kappa shape index (κ3) is 3.45. The molecule has 3 aromatic rings. The Morgan fingerprint density at radius 2 is 1.62 bits per heavy atom. The highest BCUT2D eigenvalue weighted by molar-refractivity contribution is 6.08. The van der Waals surface area contributed by atoms with Crippen LogP contribution < -0.4 is 21.3 Å². The quantitative estimate of drug-likeness (QED) is 0.577. The highest BCUT2D eigenvalue weighted by atomic mass is 16.2. The summed E-state index contributed by atoms with van der Waals surface area (Å²) >= 11 is 0. The molecule has 4 rings (SSSR count). The van der Waals surface area contributed by atoms with E-state index in [0.29, 0.717) is 29.4 Å². The van der Waals surface area contributed by atoms with Crippen molar-refractivity contribution in [3.8, 4) is 0 Å². The van der Waals surface area contributed by atoms with Crippen LogP contribution in [0, 0.1) is 0 Å². The van der Waals surface area contributed by atoms with Gasteiger partial charge in [0.25, 0.3) is 17.4 Å². The maximum atomic E-state index is 12.6. The zero-order chi connectivity index (χ0) is 20.4. The first-order valence-corrected chi connectivity index (χ1v) is 9.04. The van der Waals surface area contributed by atoms with Gasteiger partial charge in [-0.15, -0.1) is 0 Å². The lowest BCUT2D eigenvalue weighted by Crippen LogP contribution is -2.43. The van der Waals surface area contributed by atoms with Crippen molar-refractivity contribution in [3.05, 3.63) is 70.1 Å². The molecule has 0 aliphatic carbocycles. The lowest BCUT2D eigenvalue weighted by molar-refractivity contribution is -0.117. The fraction of sp³-hybridized carbons (Fsp3) is 0.150. The van der Waals surface area contributed by atoms with Gasteiger partial charge in [-0.1, -0.05) is 30.3 Å². The minimum atomic E-state index is -0.680. The molecule has 2 heterocycles. The molecule has 3 amide bonds. The highest BCUT2D eigenvalue weighted by Gasteiger charge is 2.26. The molecule has 1 aliphatic rings. The molecule has 0 saturated carbocycles. The van der Waals surface area contributed by atoms with E-state index in [0.717, 1.165) is 6.42 Å². The van der Waals surface area contributed by atoms with E-state index in [1.54, 1.807) is 53.4 Å². The van der Waals surface area contributed by atoms with Crippen LogP contribution >= 0.6 is 0 Å². The molecule has 9 heteroatoms. The second-order valence-electron chi connectivity index (χ2n) is 6.52. The number of anilines is 1. The molecule has 1 fully saturated rings. The van der Waals surface area contributed by atoms with Crippen molar-refractivity contribution in [1.82, 2.24) is 21.0 Å². The monoisotopic (exact) mass is 391 g/mol. The number of nitrogens with one attached hydrogen (secondary N) is 3. The van der Waals surface area contributed by atoms with Crippen LogP contribution in [0.2, 0.25) is 0 Å². The molecule has 0 radical (unpaired) electrons. The normalized spacial score (nSPS) is 13.5. The number of nitrogens with zero attached hydrogens (tertiary/aromatic N) is 2. The van der Waals surface area contributed by atoms with Crippen LogP contribution in [0.3, 0.4) is 0 Å². The third-order valence-electron chi connectivity index (χ3n) is 4.71. The van der Waals surface area contributed by atoms with Crippen molar-refractivity contribution in [3.63, 3.8) is 0 Å². The largest absolute Gasteiger partial charge is 0.312 e. The summed E-state index contributed by atoms with van der Waals surface area (Å²) in [4.78, 5) is 50.6. The number of carbonyl (C=O) groups excluding carboxylic acids is 3. The van der Waals surface area contributed by atoms with Crippen LogP contribution in [0.1, 0.15) is 33.7 Å². The molecule has 29 heavy (non-hydrogen) atoms. The zero-order valence-electron chi connectivity index (χ0n) is 15.3. The fourth-order valence-electron chi connectivity index (χ4n) is 3.33. The minimum Gasteiger partial charge on any atom is -0.312 e. The first kappa shape index (κ1) is 18.4. The molecule has 1 aromatic heterocycles. The second-order valence-corrected chi connectivity index (χ2v) is 6.52. The molecule has 0 spiro atoms. The molecule has 0 bridgehead atoms. The van der Waals surface area contributed by atoms with E-state index in [1.165, 1.54) is 0 Å². The highest BCUT2D eigenvalue weighted by Crippen LogP contribution is 2.25. The van der Waals surface area contributed by atoms with Crippen LogP contribution in [0.15, 0.2) is 53.3 Å². The number of H-pyrrole nitrogens is 1. The van der Waals surface area contributed by atoms with Crippen LogP contribution in [0.4, 0.5) is 5.69 Å². The van der Waals surface area contributed by atoms with Gasteiger partial charge in [-0.05, 0) is 24.6 Å². The van der Waals surface area contributed by atoms with Gasteiger partial charge in [0.2, 0.25) is 5.91 Å². The summed E-state index contributed by atoms with van der Waals surface area (Å²) in [6.45, 7) is 0.544. The summed E-state index contributed by atoms with van der Waals surface area (Å²) in [5, 5.41) is 6.75. The number of para-hydroxylation sites is 1. The van der Waals surface area contributed by atoms with Crippen molar-refractivity contribution in [2.45, 2.75) is 12.8 Å². The summed E-state index contributed by atoms with van der Waals surface area (Å²) in [6, 6.07) is 13.2. The van der Waals surface area contributed by atoms with E-state index >= 15 is 0 Å². The molecule has 2 aromatic carbocycles. The van der Waals surface area contributed by atoms with Gasteiger partial charge in [-0.25, -0.2) is 5.10 Å². The number of hydrogen-bond acceptors (Lipinski definition) is 5. The molecular weight excluding hydrogens is 374 g/mol. The number of aromatic nitrogens is 2. The topological polar surface area (TPSA) is 124 Å². The van der Waals surface area contributed by atoms with E-state index in [4.69, 9.17) is 0 Å².